The van der Waals surface area contributed by atoms with Crippen LogP contribution in [-0.4, -0.2) is 9.38 Å². The van der Waals surface area contributed by atoms with Gasteiger partial charge in [-0.3, -0.25) is 0 Å². The van der Waals surface area contributed by atoms with E-state index in [-0.39, 0.29) is 0 Å². The average Bonchev–Trinajstić information content (AvgIpc) is 2.77. The maximum absolute atomic E-state index is 13.8. The van der Waals surface area contributed by atoms with E-state index in [1.165, 1.54) is 0 Å². The van der Waals surface area contributed by atoms with Crippen LogP contribution in [0.2, 0.25) is 5.02 Å². The summed E-state index contributed by atoms with van der Waals surface area (Å²) < 4.78 is 15.5. The summed E-state index contributed by atoms with van der Waals surface area (Å²) >= 11 is 5.82. The Kier molecular flexibility index (Phi) is 1.46. The first-order chi connectivity index (χ1) is 6.69. The van der Waals surface area contributed by atoms with Crippen molar-refractivity contribution in [3.05, 3.63) is 35.4 Å². The highest BCUT2D eigenvalue weighted by Gasteiger charge is 2.48. The number of fused-ring (bicyclic) bond motifs is 1. The molecule has 2 nitrogen and oxygen atoms in total. The molecule has 0 aromatic carbocycles. The van der Waals surface area contributed by atoms with Gasteiger partial charge < -0.3 is 4.40 Å². The van der Waals surface area contributed by atoms with E-state index in [1.54, 1.807) is 28.9 Å². The lowest BCUT2D eigenvalue weighted by molar-refractivity contribution is 0.299. The van der Waals surface area contributed by atoms with Crippen LogP contribution in [0.5, 0.6) is 0 Å². The van der Waals surface area contributed by atoms with E-state index in [4.69, 9.17) is 11.6 Å². The van der Waals surface area contributed by atoms with Crippen molar-refractivity contribution in [3.63, 3.8) is 0 Å². The summed E-state index contributed by atoms with van der Waals surface area (Å²) in [4.78, 5) is 4.10. The van der Waals surface area contributed by atoms with Crippen molar-refractivity contribution < 1.29 is 4.39 Å². The molecule has 14 heavy (non-hydrogen) atoms. The van der Waals surface area contributed by atoms with Crippen molar-refractivity contribution in [2.75, 3.05) is 0 Å². The van der Waals surface area contributed by atoms with Crippen LogP contribution in [0.15, 0.2) is 24.5 Å². The maximum atomic E-state index is 13.8. The molecule has 2 aromatic heterocycles. The lowest BCUT2D eigenvalue weighted by Crippen LogP contribution is -2.04. The second kappa shape index (κ2) is 2.48. The highest BCUT2D eigenvalue weighted by Crippen LogP contribution is 2.48. The van der Waals surface area contributed by atoms with E-state index in [2.05, 4.69) is 4.98 Å². The summed E-state index contributed by atoms with van der Waals surface area (Å²) in [7, 11) is 0. The van der Waals surface area contributed by atoms with Gasteiger partial charge in [-0.05, 0) is 25.0 Å². The Morgan fingerprint density at radius 3 is 3.00 bits per heavy atom. The van der Waals surface area contributed by atoms with E-state index in [0.29, 0.717) is 23.7 Å². The Hall–Kier alpha value is -1.09. The van der Waals surface area contributed by atoms with Crippen molar-refractivity contribution in [3.8, 4) is 0 Å². The topological polar surface area (TPSA) is 17.3 Å². The van der Waals surface area contributed by atoms with Crippen LogP contribution in [-0.2, 0) is 5.67 Å². The van der Waals surface area contributed by atoms with Gasteiger partial charge in [-0.2, -0.15) is 0 Å². The van der Waals surface area contributed by atoms with Crippen LogP contribution >= 0.6 is 11.6 Å². The fourth-order valence-electron chi connectivity index (χ4n) is 1.64. The third-order valence-electron chi connectivity index (χ3n) is 2.58. The minimum Gasteiger partial charge on any atom is -0.301 e. The van der Waals surface area contributed by atoms with Crippen molar-refractivity contribution >= 4 is 17.1 Å². The Morgan fingerprint density at radius 2 is 2.29 bits per heavy atom. The second-order valence-electron chi connectivity index (χ2n) is 3.69. The molecule has 0 spiro atoms. The minimum atomic E-state index is -1.19. The van der Waals surface area contributed by atoms with Crippen LogP contribution in [0.4, 0.5) is 4.39 Å². The normalized spacial score (nSPS) is 18.7. The first-order valence-corrected chi connectivity index (χ1v) is 4.89. The summed E-state index contributed by atoms with van der Waals surface area (Å²) in [5, 5.41) is 0.646. The van der Waals surface area contributed by atoms with Crippen LogP contribution in [0.1, 0.15) is 18.7 Å². The molecule has 2 aromatic rings. The molecule has 1 saturated carbocycles. The van der Waals surface area contributed by atoms with Crippen molar-refractivity contribution in [1.29, 1.82) is 0 Å². The molecule has 1 fully saturated rings. The molecule has 1 aliphatic carbocycles. The van der Waals surface area contributed by atoms with Crippen LogP contribution < -0.4 is 0 Å². The number of aromatic nitrogens is 2. The molecule has 4 heteroatoms. The van der Waals surface area contributed by atoms with Gasteiger partial charge in [-0.1, -0.05) is 11.6 Å². The van der Waals surface area contributed by atoms with Crippen molar-refractivity contribution in [1.82, 2.24) is 9.38 Å². The predicted octanol–water partition coefficient (Wildman–Crippen LogP) is 2.95. The first-order valence-electron chi connectivity index (χ1n) is 4.51. The molecule has 3 rings (SSSR count). The Labute approximate surface area is 85.3 Å². The fraction of sp³-hybridized carbons (Fsp3) is 0.300. The van der Waals surface area contributed by atoms with E-state index in [0.717, 1.165) is 5.52 Å². The summed E-state index contributed by atoms with van der Waals surface area (Å²) in [6, 6.07) is 3.52. The minimum absolute atomic E-state index is 0.504. The largest absolute Gasteiger partial charge is 0.301 e. The zero-order chi connectivity index (χ0) is 9.76. The van der Waals surface area contributed by atoms with Crippen molar-refractivity contribution in [2.45, 2.75) is 18.5 Å². The second-order valence-corrected chi connectivity index (χ2v) is 4.12. The molecule has 0 amide bonds. The first kappa shape index (κ1) is 8.24. The molecular formula is C10H8ClFN2. The van der Waals surface area contributed by atoms with Gasteiger partial charge in [0.25, 0.3) is 0 Å². The quantitative estimate of drug-likeness (QED) is 0.708. The van der Waals surface area contributed by atoms with Gasteiger partial charge in [0.15, 0.2) is 11.5 Å². The Bertz CT molecular complexity index is 502. The highest BCUT2D eigenvalue weighted by atomic mass is 35.5. The van der Waals surface area contributed by atoms with E-state index in [9.17, 15) is 4.39 Å². The van der Waals surface area contributed by atoms with Gasteiger partial charge in [0.1, 0.15) is 0 Å². The Balaban J connectivity index is 2.27. The number of hydrogen-bond donors (Lipinski definition) is 0. The summed E-state index contributed by atoms with van der Waals surface area (Å²) in [6.45, 7) is 0. The average molecular weight is 211 g/mol. The number of hydrogen-bond acceptors (Lipinski definition) is 1. The molecule has 2 heterocycles. The standard InChI is InChI=1S/C10H8ClFN2/c11-7-1-4-14-8(5-7)6-13-9(14)10(12)2-3-10/h1,4-6H,2-3H2. The number of rotatable bonds is 1. The lowest BCUT2D eigenvalue weighted by Gasteiger charge is -2.03. The molecule has 72 valence electrons. The number of imidazole rings is 1. The summed E-state index contributed by atoms with van der Waals surface area (Å²) in [5.74, 6) is 0.504. The Morgan fingerprint density at radius 1 is 1.50 bits per heavy atom. The van der Waals surface area contributed by atoms with E-state index < -0.39 is 5.67 Å². The number of halogens is 2. The summed E-state index contributed by atoms with van der Waals surface area (Å²) in [6.07, 6.45) is 4.57. The van der Waals surface area contributed by atoms with E-state index in [1.807, 2.05) is 0 Å². The lowest BCUT2D eigenvalue weighted by atomic mass is 10.3. The molecule has 1 aliphatic rings. The van der Waals surface area contributed by atoms with Crippen LogP contribution in [0.3, 0.4) is 0 Å². The highest BCUT2D eigenvalue weighted by molar-refractivity contribution is 6.30. The van der Waals surface area contributed by atoms with Gasteiger partial charge in [-0.25, -0.2) is 9.37 Å². The SMILES string of the molecule is FC1(c2ncc3cc(Cl)ccn23)CC1. The molecule has 0 radical (unpaired) electrons. The maximum Gasteiger partial charge on any atom is 0.169 e. The summed E-state index contributed by atoms with van der Waals surface area (Å²) in [5.41, 5.74) is -0.350. The van der Waals surface area contributed by atoms with Crippen molar-refractivity contribution in [2.24, 2.45) is 0 Å². The zero-order valence-corrected chi connectivity index (χ0v) is 8.13. The van der Waals surface area contributed by atoms with Crippen LogP contribution in [0.25, 0.3) is 5.52 Å². The molecule has 0 saturated heterocycles. The third-order valence-corrected chi connectivity index (χ3v) is 2.82. The molecule has 0 N–H and O–H groups in total. The monoisotopic (exact) mass is 210 g/mol. The fourth-order valence-corrected chi connectivity index (χ4v) is 1.81. The number of alkyl halides is 1. The number of pyridine rings is 1. The van der Waals surface area contributed by atoms with Gasteiger partial charge in [0.2, 0.25) is 0 Å². The van der Waals surface area contributed by atoms with E-state index >= 15 is 0 Å². The number of nitrogens with zero attached hydrogens (tertiary/aromatic N) is 2. The molecule has 0 aliphatic heterocycles. The predicted molar refractivity (Wildman–Crippen MR) is 52.2 cm³/mol. The zero-order valence-electron chi connectivity index (χ0n) is 7.37. The molecule has 0 unspecified atom stereocenters. The molecule has 0 bridgehead atoms. The van der Waals surface area contributed by atoms with Gasteiger partial charge >= 0.3 is 0 Å². The van der Waals surface area contributed by atoms with Gasteiger partial charge in [-0.15, -0.1) is 0 Å². The van der Waals surface area contributed by atoms with Gasteiger partial charge in [0, 0.05) is 11.2 Å². The smallest absolute Gasteiger partial charge is 0.169 e. The molecular weight excluding hydrogens is 203 g/mol. The molecule has 0 atom stereocenters. The van der Waals surface area contributed by atoms with Crippen LogP contribution in [0, 0.1) is 0 Å². The van der Waals surface area contributed by atoms with Gasteiger partial charge in [0.05, 0.1) is 11.7 Å². The third kappa shape index (κ3) is 1.05.